The third-order valence-electron chi connectivity index (χ3n) is 1.23. The van der Waals surface area contributed by atoms with Crippen molar-refractivity contribution in [1.29, 1.82) is 0 Å². The van der Waals surface area contributed by atoms with Crippen LogP contribution in [0.15, 0.2) is 30.6 Å². The fourth-order valence-corrected chi connectivity index (χ4v) is 0.681. The predicted molar refractivity (Wildman–Crippen MR) is 40.5 cm³/mol. The summed E-state index contributed by atoms with van der Waals surface area (Å²) in [6.07, 6.45) is 4.93. The van der Waals surface area contributed by atoms with E-state index >= 15 is 0 Å². The molecule has 0 aliphatic rings. The molecular weight excluding hydrogens is 126 g/mol. The van der Waals surface area contributed by atoms with E-state index in [1.807, 2.05) is 6.07 Å². The van der Waals surface area contributed by atoms with Crippen LogP contribution in [0.25, 0.3) is 5.76 Å². The van der Waals surface area contributed by atoms with E-state index in [9.17, 15) is 0 Å². The predicted octanol–water partition coefficient (Wildman–Crippen LogP) is 2.00. The fourth-order valence-electron chi connectivity index (χ4n) is 0.681. The molecule has 0 unspecified atom stereocenters. The molecule has 0 aromatic carbocycles. The number of aromatic nitrogens is 1. The third kappa shape index (κ3) is 1.35. The summed E-state index contributed by atoms with van der Waals surface area (Å²) < 4.78 is 0. The summed E-state index contributed by atoms with van der Waals surface area (Å²) in [4.78, 5) is 3.85. The van der Waals surface area contributed by atoms with E-state index in [1.165, 1.54) is 0 Å². The average molecular weight is 135 g/mol. The van der Waals surface area contributed by atoms with Crippen LogP contribution in [0.5, 0.6) is 0 Å². The summed E-state index contributed by atoms with van der Waals surface area (Å²) in [5.74, 6) is 0.271. The number of pyridine rings is 1. The number of hydrogen-bond donors (Lipinski definition) is 1. The Balaban J connectivity index is 2.96. The number of aliphatic hydroxyl groups is 1. The number of hydrogen-bond acceptors (Lipinski definition) is 2. The van der Waals surface area contributed by atoms with Crippen molar-refractivity contribution in [2.75, 3.05) is 0 Å². The zero-order valence-electron chi connectivity index (χ0n) is 5.78. The number of aliphatic hydroxyl groups excluding tert-OH is 1. The van der Waals surface area contributed by atoms with Gasteiger partial charge in [-0.2, -0.15) is 0 Å². The van der Waals surface area contributed by atoms with Crippen molar-refractivity contribution in [1.82, 2.24) is 4.98 Å². The van der Waals surface area contributed by atoms with E-state index in [1.54, 1.807) is 31.5 Å². The van der Waals surface area contributed by atoms with Gasteiger partial charge in [0, 0.05) is 18.0 Å². The Labute approximate surface area is 59.9 Å². The van der Waals surface area contributed by atoms with E-state index in [0.29, 0.717) is 0 Å². The van der Waals surface area contributed by atoms with Crippen LogP contribution in [-0.2, 0) is 0 Å². The lowest BCUT2D eigenvalue weighted by molar-refractivity contribution is 0.510. The van der Waals surface area contributed by atoms with Crippen LogP contribution in [-0.4, -0.2) is 10.1 Å². The van der Waals surface area contributed by atoms with Crippen molar-refractivity contribution in [3.05, 3.63) is 36.2 Å². The number of allylic oxidation sites excluding steroid dienone is 1. The van der Waals surface area contributed by atoms with Gasteiger partial charge in [0.05, 0.1) is 0 Å². The van der Waals surface area contributed by atoms with E-state index in [-0.39, 0.29) is 5.76 Å². The fraction of sp³-hybridized carbons (Fsp3) is 0.125. The molecule has 0 amide bonds. The number of nitrogens with zero attached hydrogens (tertiary/aromatic N) is 1. The third-order valence-corrected chi connectivity index (χ3v) is 1.23. The summed E-state index contributed by atoms with van der Waals surface area (Å²) >= 11 is 0. The van der Waals surface area contributed by atoms with E-state index in [0.717, 1.165) is 5.56 Å². The lowest BCUT2D eigenvalue weighted by atomic mass is 10.2. The molecule has 1 aromatic rings. The van der Waals surface area contributed by atoms with Gasteiger partial charge in [-0.05, 0) is 25.1 Å². The summed E-state index contributed by atoms with van der Waals surface area (Å²) in [6.45, 7) is 1.78. The molecule has 0 saturated carbocycles. The first-order chi connectivity index (χ1) is 4.84. The summed E-state index contributed by atoms with van der Waals surface area (Å²) in [5.41, 5.74) is 0.755. The molecule has 0 aliphatic carbocycles. The van der Waals surface area contributed by atoms with Crippen LogP contribution in [0.4, 0.5) is 0 Å². The van der Waals surface area contributed by atoms with Crippen LogP contribution in [0, 0.1) is 0 Å². The lowest BCUT2D eigenvalue weighted by Crippen LogP contribution is -1.81. The van der Waals surface area contributed by atoms with Gasteiger partial charge in [0.1, 0.15) is 5.76 Å². The van der Waals surface area contributed by atoms with Gasteiger partial charge in [0.25, 0.3) is 0 Å². The smallest absolute Gasteiger partial charge is 0.120 e. The maximum absolute atomic E-state index is 9.15. The second kappa shape index (κ2) is 3.01. The molecule has 10 heavy (non-hydrogen) atoms. The summed E-state index contributed by atoms with van der Waals surface area (Å²) in [7, 11) is 0. The highest BCUT2D eigenvalue weighted by molar-refractivity contribution is 5.56. The average Bonchev–Trinajstić information content (AvgIpc) is 2.05. The van der Waals surface area contributed by atoms with Gasteiger partial charge >= 0.3 is 0 Å². The second-order valence-electron chi connectivity index (χ2n) is 1.92. The molecule has 2 nitrogen and oxygen atoms in total. The lowest BCUT2D eigenvalue weighted by Gasteiger charge is -1.95. The van der Waals surface area contributed by atoms with Crippen LogP contribution in [0.1, 0.15) is 12.5 Å². The summed E-state index contributed by atoms with van der Waals surface area (Å²) in [6, 6.07) is 3.59. The Kier molecular flexibility index (Phi) is 2.05. The normalized spacial score (nSPS) is 11.5. The highest BCUT2D eigenvalue weighted by Crippen LogP contribution is 2.07. The van der Waals surface area contributed by atoms with Gasteiger partial charge in [-0.15, -0.1) is 0 Å². The largest absolute Gasteiger partial charge is 0.508 e. The maximum Gasteiger partial charge on any atom is 0.120 e. The van der Waals surface area contributed by atoms with Gasteiger partial charge in [0.2, 0.25) is 0 Å². The molecule has 1 aromatic heterocycles. The van der Waals surface area contributed by atoms with Gasteiger partial charge in [-0.1, -0.05) is 0 Å². The van der Waals surface area contributed by atoms with E-state index < -0.39 is 0 Å². The van der Waals surface area contributed by atoms with Crippen molar-refractivity contribution >= 4 is 5.76 Å². The molecule has 2 heteroatoms. The highest BCUT2D eigenvalue weighted by Gasteiger charge is 1.92. The molecule has 0 radical (unpaired) electrons. The van der Waals surface area contributed by atoms with Crippen LogP contribution >= 0.6 is 0 Å². The minimum atomic E-state index is 0.271. The zero-order chi connectivity index (χ0) is 7.40. The molecule has 0 atom stereocenters. The minimum absolute atomic E-state index is 0.271. The van der Waals surface area contributed by atoms with Crippen molar-refractivity contribution < 1.29 is 5.11 Å². The Morgan fingerprint density at radius 1 is 1.70 bits per heavy atom. The summed E-state index contributed by atoms with van der Waals surface area (Å²) in [5, 5.41) is 9.15. The molecule has 1 N–H and O–H groups in total. The molecule has 0 bridgehead atoms. The van der Waals surface area contributed by atoms with Crippen molar-refractivity contribution in [2.45, 2.75) is 6.92 Å². The minimum Gasteiger partial charge on any atom is -0.508 e. The first-order valence-corrected chi connectivity index (χ1v) is 3.10. The standard InChI is InChI=1S/C8H9NO/c1-2-8(10)7-4-3-5-9-6-7/h2-6,10H,1H3. The van der Waals surface area contributed by atoms with Crippen molar-refractivity contribution in [3.8, 4) is 0 Å². The molecule has 0 aliphatic heterocycles. The quantitative estimate of drug-likeness (QED) is 0.597. The molecule has 0 saturated heterocycles. The van der Waals surface area contributed by atoms with Gasteiger partial charge in [-0.3, -0.25) is 4.98 Å². The van der Waals surface area contributed by atoms with E-state index in [2.05, 4.69) is 4.98 Å². The molecule has 52 valence electrons. The Morgan fingerprint density at radius 2 is 2.50 bits per heavy atom. The highest BCUT2D eigenvalue weighted by atomic mass is 16.3. The van der Waals surface area contributed by atoms with Crippen LogP contribution < -0.4 is 0 Å². The Morgan fingerprint density at radius 3 is 3.00 bits per heavy atom. The Hall–Kier alpha value is -1.31. The molecule has 1 heterocycles. The second-order valence-corrected chi connectivity index (χ2v) is 1.92. The SMILES string of the molecule is CC=C(O)c1cccnc1. The van der Waals surface area contributed by atoms with E-state index in [4.69, 9.17) is 5.11 Å². The number of rotatable bonds is 1. The monoisotopic (exact) mass is 135 g/mol. The van der Waals surface area contributed by atoms with Crippen molar-refractivity contribution in [2.24, 2.45) is 0 Å². The first-order valence-electron chi connectivity index (χ1n) is 3.10. The zero-order valence-corrected chi connectivity index (χ0v) is 5.78. The molecule has 0 fully saturated rings. The maximum atomic E-state index is 9.15. The Bertz CT molecular complexity index is 228. The molecular formula is C8H9NO. The van der Waals surface area contributed by atoms with Crippen LogP contribution in [0.2, 0.25) is 0 Å². The van der Waals surface area contributed by atoms with Gasteiger partial charge < -0.3 is 5.11 Å². The topological polar surface area (TPSA) is 33.1 Å². The molecule has 1 rings (SSSR count). The van der Waals surface area contributed by atoms with Gasteiger partial charge in [-0.25, -0.2) is 0 Å². The molecule has 0 spiro atoms. The van der Waals surface area contributed by atoms with Crippen LogP contribution in [0.3, 0.4) is 0 Å². The first kappa shape index (κ1) is 6.81. The van der Waals surface area contributed by atoms with Crippen molar-refractivity contribution in [3.63, 3.8) is 0 Å². The van der Waals surface area contributed by atoms with Gasteiger partial charge in [0.15, 0.2) is 0 Å².